The van der Waals surface area contributed by atoms with Crippen molar-refractivity contribution in [1.82, 2.24) is 0 Å². The standard InChI is InChI=1S/C10H23P/c1-8(2)11(7,9(3)4)10(5)6/h8-10H,7H2,1-6H3. The Hall–Kier alpha value is 0.300. The Balaban J connectivity index is 4.69. The van der Waals surface area contributed by atoms with E-state index >= 15 is 0 Å². The predicted molar refractivity (Wildman–Crippen MR) is 59.4 cm³/mol. The van der Waals surface area contributed by atoms with E-state index < -0.39 is 6.89 Å². The summed E-state index contributed by atoms with van der Waals surface area (Å²) in [6, 6.07) is 0. The molecule has 0 amide bonds. The molecule has 11 heavy (non-hydrogen) atoms. The summed E-state index contributed by atoms with van der Waals surface area (Å²) in [4.78, 5) is 0. The van der Waals surface area contributed by atoms with Gasteiger partial charge in [-0.15, -0.1) is 6.89 Å². The molecule has 0 saturated carbocycles. The summed E-state index contributed by atoms with van der Waals surface area (Å²) in [5.74, 6) is 0. The zero-order valence-electron chi connectivity index (χ0n) is 8.89. The molecular formula is C10H23P. The topological polar surface area (TPSA) is 0 Å². The second-order valence-corrected chi connectivity index (χ2v) is 9.36. The molecule has 0 N–H and O–H groups in total. The van der Waals surface area contributed by atoms with Crippen molar-refractivity contribution in [3.63, 3.8) is 0 Å². The summed E-state index contributed by atoms with van der Waals surface area (Å²) in [5.41, 5.74) is 2.34. The molecule has 0 fully saturated rings. The largest absolute Gasteiger partial charge is 0.105 e. The maximum Gasteiger partial charge on any atom is -0.0268 e. The summed E-state index contributed by atoms with van der Waals surface area (Å²) < 4.78 is 0. The fourth-order valence-electron chi connectivity index (χ4n) is 1.79. The van der Waals surface area contributed by atoms with Gasteiger partial charge in [0.05, 0.1) is 0 Å². The van der Waals surface area contributed by atoms with Crippen molar-refractivity contribution >= 4 is 13.2 Å². The van der Waals surface area contributed by atoms with E-state index in [2.05, 4.69) is 47.8 Å². The van der Waals surface area contributed by atoms with Crippen LogP contribution in [0.15, 0.2) is 0 Å². The maximum atomic E-state index is 4.48. The highest BCUT2D eigenvalue weighted by atomic mass is 31.2. The molecule has 0 rings (SSSR count). The molecular weight excluding hydrogens is 151 g/mol. The average molecular weight is 174 g/mol. The van der Waals surface area contributed by atoms with Crippen molar-refractivity contribution in [2.75, 3.05) is 0 Å². The average Bonchev–Trinajstić information content (AvgIpc) is 1.84. The van der Waals surface area contributed by atoms with Crippen molar-refractivity contribution in [1.29, 1.82) is 0 Å². The van der Waals surface area contributed by atoms with Gasteiger partial charge in [-0.05, 0) is 17.0 Å². The van der Waals surface area contributed by atoms with Crippen LogP contribution < -0.4 is 0 Å². The molecule has 0 saturated heterocycles. The molecule has 0 nitrogen and oxygen atoms in total. The van der Waals surface area contributed by atoms with Gasteiger partial charge in [-0.1, -0.05) is 47.8 Å². The van der Waals surface area contributed by atoms with Crippen LogP contribution in [0.5, 0.6) is 0 Å². The molecule has 0 radical (unpaired) electrons. The molecule has 0 spiro atoms. The van der Waals surface area contributed by atoms with Gasteiger partial charge in [0.25, 0.3) is 0 Å². The summed E-state index contributed by atoms with van der Waals surface area (Å²) in [7, 11) is 0. The zero-order valence-corrected chi connectivity index (χ0v) is 9.78. The number of rotatable bonds is 3. The van der Waals surface area contributed by atoms with Crippen molar-refractivity contribution in [3.05, 3.63) is 0 Å². The van der Waals surface area contributed by atoms with Crippen LogP contribution in [-0.2, 0) is 0 Å². The van der Waals surface area contributed by atoms with Gasteiger partial charge in [-0.3, -0.25) is 0 Å². The fourth-order valence-corrected chi connectivity index (χ4v) is 5.37. The molecule has 0 aliphatic heterocycles. The smallest absolute Gasteiger partial charge is 0.0268 e. The van der Waals surface area contributed by atoms with Crippen LogP contribution in [0.1, 0.15) is 41.5 Å². The highest BCUT2D eigenvalue weighted by Crippen LogP contribution is 2.58. The van der Waals surface area contributed by atoms with Gasteiger partial charge >= 0.3 is 0 Å². The Morgan fingerprint density at radius 2 is 0.909 bits per heavy atom. The maximum absolute atomic E-state index is 4.48. The van der Waals surface area contributed by atoms with Crippen LogP contribution >= 0.6 is 6.89 Å². The van der Waals surface area contributed by atoms with Gasteiger partial charge in [-0.25, -0.2) is 0 Å². The van der Waals surface area contributed by atoms with Gasteiger partial charge < -0.3 is 0 Å². The molecule has 0 unspecified atom stereocenters. The van der Waals surface area contributed by atoms with E-state index in [1.165, 1.54) is 0 Å². The summed E-state index contributed by atoms with van der Waals surface area (Å²) in [6.07, 6.45) is 4.48. The third-order valence-corrected chi connectivity index (χ3v) is 8.65. The monoisotopic (exact) mass is 174 g/mol. The third-order valence-electron chi connectivity index (χ3n) is 2.88. The Bertz CT molecular complexity index is 126. The second kappa shape index (κ2) is 3.81. The molecule has 0 aromatic rings. The van der Waals surface area contributed by atoms with Crippen molar-refractivity contribution in [2.45, 2.75) is 58.5 Å². The molecule has 0 aliphatic carbocycles. The normalized spacial score (nSPS) is 13.5. The molecule has 0 bridgehead atoms. The van der Waals surface area contributed by atoms with E-state index in [0.717, 1.165) is 17.0 Å². The van der Waals surface area contributed by atoms with Crippen LogP contribution in [-0.4, -0.2) is 23.3 Å². The van der Waals surface area contributed by atoms with Crippen LogP contribution in [0, 0.1) is 0 Å². The second-order valence-electron chi connectivity index (χ2n) is 4.28. The van der Waals surface area contributed by atoms with Crippen molar-refractivity contribution in [2.24, 2.45) is 0 Å². The first-order valence-electron chi connectivity index (χ1n) is 4.55. The lowest BCUT2D eigenvalue weighted by Gasteiger charge is -2.36. The van der Waals surface area contributed by atoms with Gasteiger partial charge in [0.1, 0.15) is 0 Å². The van der Waals surface area contributed by atoms with Gasteiger partial charge in [0, 0.05) is 0 Å². The first kappa shape index (κ1) is 11.3. The molecule has 0 aromatic heterocycles. The third kappa shape index (κ3) is 2.12. The van der Waals surface area contributed by atoms with Crippen LogP contribution in [0.3, 0.4) is 0 Å². The Labute approximate surface area is 72.4 Å². The highest BCUT2D eigenvalue weighted by molar-refractivity contribution is 7.75. The highest BCUT2D eigenvalue weighted by Gasteiger charge is 2.25. The summed E-state index contributed by atoms with van der Waals surface area (Å²) in [6.45, 7) is 13.0. The van der Waals surface area contributed by atoms with Crippen LogP contribution in [0.25, 0.3) is 0 Å². The summed E-state index contributed by atoms with van der Waals surface area (Å²) in [5, 5.41) is 0. The predicted octanol–water partition coefficient (Wildman–Crippen LogP) is 3.66. The fraction of sp³-hybridized carbons (Fsp3) is 0.900. The zero-order chi connectivity index (χ0) is 9.23. The molecule has 0 heterocycles. The number of hydrogen-bond donors (Lipinski definition) is 0. The van der Waals surface area contributed by atoms with E-state index in [4.69, 9.17) is 0 Å². The van der Waals surface area contributed by atoms with Crippen LogP contribution in [0.2, 0.25) is 0 Å². The minimum absolute atomic E-state index is 0.780. The molecule has 0 aliphatic rings. The quantitative estimate of drug-likeness (QED) is 0.573. The minimum Gasteiger partial charge on any atom is -0.105 e. The molecule has 68 valence electrons. The van der Waals surface area contributed by atoms with E-state index in [1.807, 2.05) is 0 Å². The van der Waals surface area contributed by atoms with E-state index in [9.17, 15) is 0 Å². The minimum atomic E-state index is -0.935. The van der Waals surface area contributed by atoms with E-state index in [0.29, 0.717) is 0 Å². The first-order valence-corrected chi connectivity index (χ1v) is 6.74. The van der Waals surface area contributed by atoms with Crippen molar-refractivity contribution < 1.29 is 0 Å². The molecule has 0 atom stereocenters. The van der Waals surface area contributed by atoms with Gasteiger partial charge in [-0.2, -0.15) is 0 Å². The SMILES string of the molecule is C=P(C(C)C)(C(C)C)C(C)C. The van der Waals surface area contributed by atoms with E-state index in [-0.39, 0.29) is 0 Å². The lowest BCUT2D eigenvalue weighted by atomic mass is 10.5. The lowest BCUT2D eigenvalue weighted by molar-refractivity contribution is 0.941. The van der Waals surface area contributed by atoms with E-state index in [1.54, 1.807) is 0 Å². The molecule has 1 heteroatoms. The first-order chi connectivity index (χ1) is 4.83. The summed E-state index contributed by atoms with van der Waals surface area (Å²) >= 11 is 0. The number of hydrogen-bond acceptors (Lipinski definition) is 0. The lowest BCUT2D eigenvalue weighted by Crippen LogP contribution is -2.16. The van der Waals surface area contributed by atoms with Crippen molar-refractivity contribution in [3.8, 4) is 0 Å². The Morgan fingerprint density at radius 1 is 0.727 bits per heavy atom. The van der Waals surface area contributed by atoms with Gasteiger partial charge in [0.15, 0.2) is 0 Å². The Morgan fingerprint density at radius 3 is 0.909 bits per heavy atom. The Kier molecular flexibility index (Phi) is 3.91. The van der Waals surface area contributed by atoms with Crippen LogP contribution in [0.4, 0.5) is 0 Å². The molecule has 0 aromatic carbocycles. The van der Waals surface area contributed by atoms with Gasteiger partial charge in [0.2, 0.25) is 0 Å².